The minimum absolute atomic E-state index is 0.0766. The molecule has 110 valence electrons. The number of nitrogens with one attached hydrogen (secondary N) is 1. The van der Waals surface area contributed by atoms with Gasteiger partial charge in [0.25, 0.3) is 5.91 Å². The number of pyridine rings is 1. The fourth-order valence-electron chi connectivity index (χ4n) is 1.91. The molecule has 6 heteroatoms. The first-order valence-electron chi connectivity index (χ1n) is 6.26. The van der Waals surface area contributed by atoms with E-state index >= 15 is 0 Å². The van der Waals surface area contributed by atoms with Gasteiger partial charge in [-0.2, -0.15) is 0 Å². The fraction of sp³-hybridized carbons (Fsp3) is 0.200. The fourth-order valence-corrected chi connectivity index (χ4v) is 2.10. The van der Waals surface area contributed by atoms with Crippen molar-refractivity contribution >= 4 is 17.5 Å². The van der Waals surface area contributed by atoms with Gasteiger partial charge in [0.05, 0.1) is 23.9 Å². The van der Waals surface area contributed by atoms with Gasteiger partial charge in [0.2, 0.25) is 0 Å². The summed E-state index contributed by atoms with van der Waals surface area (Å²) in [6.07, 6.45) is 0.932. The van der Waals surface area contributed by atoms with E-state index in [1.165, 1.54) is 0 Å². The van der Waals surface area contributed by atoms with E-state index in [1.807, 2.05) is 6.07 Å². The van der Waals surface area contributed by atoms with E-state index in [-0.39, 0.29) is 17.3 Å². The van der Waals surface area contributed by atoms with Crippen LogP contribution in [-0.4, -0.2) is 22.6 Å². The zero-order chi connectivity index (χ0) is 15.5. The summed E-state index contributed by atoms with van der Waals surface area (Å²) in [7, 11) is 0. The average Bonchev–Trinajstić information content (AvgIpc) is 2.50. The van der Waals surface area contributed by atoms with Crippen molar-refractivity contribution in [3.63, 3.8) is 0 Å². The van der Waals surface area contributed by atoms with Crippen LogP contribution in [0.15, 0.2) is 42.6 Å². The van der Waals surface area contributed by atoms with Crippen molar-refractivity contribution in [2.45, 2.75) is 12.5 Å². The largest absolute Gasteiger partial charge is 0.394 e. The van der Waals surface area contributed by atoms with Crippen molar-refractivity contribution in [1.82, 2.24) is 10.3 Å². The standard InChI is InChI=1S/C15H14ClFN2O2/c1-15(9-20,10-5-3-2-4-6-10)19-14(21)12-7-11(17)8-18-13(12)16/h2-8,20H,9H2,1H3,(H,19,21). The predicted molar refractivity (Wildman–Crippen MR) is 77.6 cm³/mol. The summed E-state index contributed by atoms with van der Waals surface area (Å²) >= 11 is 5.81. The lowest BCUT2D eigenvalue weighted by Crippen LogP contribution is -2.46. The Bertz CT molecular complexity index is 651. The highest BCUT2D eigenvalue weighted by Crippen LogP contribution is 2.22. The monoisotopic (exact) mass is 308 g/mol. The number of hydrogen-bond acceptors (Lipinski definition) is 3. The molecular formula is C15H14ClFN2O2. The molecule has 0 aliphatic rings. The van der Waals surface area contributed by atoms with Crippen LogP contribution in [0.4, 0.5) is 4.39 Å². The molecule has 0 aliphatic carbocycles. The van der Waals surface area contributed by atoms with E-state index in [9.17, 15) is 14.3 Å². The SMILES string of the molecule is CC(CO)(NC(=O)c1cc(F)cnc1Cl)c1ccccc1. The third-order valence-electron chi connectivity index (χ3n) is 3.17. The van der Waals surface area contributed by atoms with E-state index in [1.54, 1.807) is 31.2 Å². The Morgan fingerprint density at radius 1 is 1.43 bits per heavy atom. The summed E-state index contributed by atoms with van der Waals surface area (Å²) in [6, 6.07) is 9.99. The predicted octanol–water partition coefficient (Wildman–Crippen LogP) is 2.51. The third kappa shape index (κ3) is 3.37. The van der Waals surface area contributed by atoms with Gasteiger partial charge < -0.3 is 10.4 Å². The van der Waals surface area contributed by atoms with Crippen molar-refractivity contribution in [2.24, 2.45) is 0 Å². The summed E-state index contributed by atoms with van der Waals surface area (Å²) in [5.41, 5.74) is -0.359. The Hall–Kier alpha value is -1.98. The smallest absolute Gasteiger partial charge is 0.255 e. The molecule has 0 saturated heterocycles. The number of aliphatic hydroxyl groups excluding tert-OH is 1. The zero-order valence-corrected chi connectivity index (χ0v) is 12.1. The van der Waals surface area contributed by atoms with Crippen molar-refractivity contribution in [2.75, 3.05) is 6.61 Å². The lowest BCUT2D eigenvalue weighted by molar-refractivity contribution is 0.0849. The zero-order valence-electron chi connectivity index (χ0n) is 11.3. The molecule has 0 bridgehead atoms. The second-order valence-corrected chi connectivity index (χ2v) is 5.16. The Labute approximate surface area is 126 Å². The van der Waals surface area contributed by atoms with Gasteiger partial charge in [0, 0.05) is 0 Å². The number of halogens is 2. The average molecular weight is 309 g/mol. The topological polar surface area (TPSA) is 62.2 Å². The van der Waals surface area contributed by atoms with Crippen LogP contribution in [-0.2, 0) is 5.54 Å². The highest BCUT2D eigenvalue weighted by Gasteiger charge is 2.29. The van der Waals surface area contributed by atoms with Gasteiger partial charge in [-0.25, -0.2) is 9.37 Å². The van der Waals surface area contributed by atoms with Gasteiger partial charge in [0.15, 0.2) is 0 Å². The van der Waals surface area contributed by atoms with E-state index in [2.05, 4.69) is 10.3 Å². The van der Waals surface area contributed by atoms with Crippen LogP contribution in [0.3, 0.4) is 0 Å². The van der Waals surface area contributed by atoms with Gasteiger partial charge in [-0.1, -0.05) is 41.9 Å². The molecule has 0 saturated carbocycles. The van der Waals surface area contributed by atoms with E-state index in [4.69, 9.17) is 11.6 Å². The molecule has 2 aromatic rings. The van der Waals surface area contributed by atoms with Crippen LogP contribution in [0.2, 0.25) is 5.15 Å². The van der Waals surface area contributed by atoms with Gasteiger partial charge in [-0.05, 0) is 18.6 Å². The molecule has 2 N–H and O–H groups in total. The molecule has 2 rings (SSSR count). The molecule has 0 aliphatic heterocycles. The number of aromatic nitrogens is 1. The molecule has 0 radical (unpaired) electrons. The summed E-state index contributed by atoms with van der Waals surface area (Å²) in [6.45, 7) is 1.35. The second kappa shape index (κ2) is 6.20. The van der Waals surface area contributed by atoms with Crippen LogP contribution >= 0.6 is 11.6 Å². The summed E-state index contributed by atoms with van der Waals surface area (Å²) in [4.78, 5) is 15.8. The van der Waals surface area contributed by atoms with Gasteiger partial charge >= 0.3 is 0 Å². The van der Waals surface area contributed by atoms with Crippen molar-refractivity contribution in [3.8, 4) is 0 Å². The number of carbonyl (C=O) groups excluding carboxylic acids is 1. The van der Waals surface area contributed by atoms with E-state index in [0.717, 1.165) is 17.8 Å². The molecule has 1 unspecified atom stereocenters. The first-order valence-corrected chi connectivity index (χ1v) is 6.64. The van der Waals surface area contributed by atoms with Crippen LogP contribution in [0.1, 0.15) is 22.8 Å². The molecule has 0 spiro atoms. The lowest BCUT2D eigenvalue weighted by Gasteiger charge is -2.29. The molecule has 4 nitrogen and oxygen atoms in total. The van der Waals surface area contributed by atoms with Crippen LogP contribution < -0.4 is 5.32 Å². The Balaban J connectivity index is 2.30. The van der Waals surface area contributed by atoms with E-state index in [0.29, 0.717) is 0 Å². The number of hydrogen-bond donors (Lipinski definition) is 2. The van der Waals surface area contributed by atoms with Crippen molar-refractivity contribution in [3.05, 3.63) is 64.7 Å². The minimum atomic E-state index is -1.01. The molecule has 1 heterocycles. The molecule has 21 heavy (non-hydrogen) atoms. The number of nitrogens with zero attached hydrogens (tertiary/aromatic N) is 1. The maximum absolute atomic E-state index is 13.2. The summed E-state index contributed by atoms with van der Waals surface area (Å²) in [5, 5.41) is 12.2. The van der Waals surface area contributed by atoms with Crippen LogP contribution in [0.5, 0.6) is 0 Å². The van der Waals surface area contributed by atoms with Crippen molar-refractivity contribution < 1.29 is 14.3 Å². The summed E-state index contributed by atoms with van der Waals surface area (Å²) < 4.78 is 13.2. The number of rotatable bonds is 4. The quantitative estimate of drug-likeness (QED) is 0.853. The molecule has 1 amide bonds. The normalized spacial score (nSPS) is 13.5. The number of carbonyl (C=O) groups is 1. The highest BCUT2D eigenvalue weighted by atomic mass is 35.5. The Morgan fingerprint density at radius 2 is 2.10 bits per heavy atom. The highest BCUT2D eigenvalue weighted by molar-refractivity contribution is 6.32. The van der Waals surface area contributed by atoms with Crippen LogP contribution in [0, 0.1) is 5.82 Å². The number of benzene rings is 1. The minimum Gasteiger partial charge on any atom is -0.394 e. The first kappa shape index (κ1) is 15.4. The molecule has 1 aromatic heterocycles. The molecular weight excluding hydrogens is 295 g/mol. The molecule has 1 aromatic carbocycles. The number of amides is 1. The summed E-state index contributed by atoms with van der Waals surface area (Å²) in [5.74, 6) is -1.26. The second-order valence-electron chi connectivity index (χ2n) is 4.80. The van der Waals surface area contributed by atoms with Gasteiger partial charge in [-0.3, -0.25) is 4.79 Å². The van der Waals surface area contributed by atoms with Gasteiger partial charge in [0.1, 0.15) is 11.0 Å². The van der Waals surface area contributed by atoms with E-state index < -0.39 is 17.3 Å². The molecule has 1 atom stereocenters. The van der Waals surface area contributed by atoms with Gasteiger partial charge in [-0.15, -0.1) is 0 Å². The Kier molecular flexibility index (Phi) is 4.55. The Morgan fingerprint density at radius 3 is 2.71 bits per heavy atom. The first-order chi connectivity index (χ1) is 9.96. The molecule has 0 fully saturated rings. The van der Waals surface area contributed by atoms with Crippen molar-refractivity contribution in [1.29, 1.82) is 0 Å². The lowest BCUT2D eigenvalue weighted by atomic mass is 9.92. The van der Waals surface area contributed by atoms with Crippen LogP contribution in [0.25, 0.3) is 0 Å². The maximum Gasteiger partial charge on any atom is 0.255 e. The number of aliphatic hydroxyl groups is 1. The maximum atomic E-state index is 13.2. The third-order valence-corrected chi connectivity index (χ3v) is 3.47.